The van der Waals surface area contributed by atoms with Crippen LogP contribution in [0.2, 0.25) is 0 Å². The predicted octanol–water partition coefficient (Wildman–Crippen LogP) is 6.44. The highest BCUT2D eigenvalue weighted by atomic mass is 16.5. The number of hydrogen-bond donors (Lipinski definition) is 0. The number of likely N-dealkylation sites (tertiary alicyclic amines) is 1. The number of ether oxygens (including phenoxy) is 1. The Morgan fingerprint density at radius 1 is 0.950 bits per heavy atom. The summed E-state index contributed by atoms with van der Waals surface area (Å²) in [5.41, 5.74) is 4.45. The molecule has 0 aliphatic carbocycles. The molecule has 1 saturated heterocycles. The van der Waals surface area contributed by atoms with Gasteiger partial charge in [-0.3, -0.25) is 4.79 Å². The Labute approximate surface area is 239 Å². The van der Waals surface area contributed by atoms with Crippen molar-refractivity contribution in [3.8, 4) is 17.1 Å². The maximum absolute atomic E-state index is 13.8. The van der Waals surface area contributed by atoms with Gasteiger partial charge >= 0.3 is 0 Å². The Kier molecular flexibility index (Phi) is 9.40. The highest BCUT2D eigenvalue weighted by molar-refractivity contribution is 5.94. The standard InChI is InChI=1S/C33H47N5O2/c1-24(2)13-20-37(21-14-25(3)4)33(39)29-12-11-28-32(35-29)38(19-8-18-36-16-6-5-7-17-36)31(34-28)27-10-9-26-15-22-40-30(26)23-27/h9-12,23-25H,5-8,13-22H2,1-4H3. The van der Waals surface area contributed by atoms with E-state index in [-0.39, 0.29) is 5.91 Å². The molecule has 0 atom stereocenters. The zero-order valence-corrected chi connectivity index (χ0v) is 25.0. The summed E-state index contributed by atoms with van der Waals surface area (Å²) in [5, 5.41) is 0. The Bertz CT molecular complexity index is 1280. The summed E-state index contributed by atoms with van der Waals surface area (Å²) >= 11 is 0. The second kappa shape index (κ2) is 13.2. The van der Waals surface area contributed by atoms with Crippen LogP contribution in [0.15, 0.2) is 30.3 Å². The van der Waals surface area contributed by atoms with Gasteiger partial charge in [0, 0.05) is 31.6 Å². The first-order chi connectivity index (χ1) is 19.4. The van der Waals surface area contributed by atoms with E-state index >= 15 is 0 Å². The number of carbonyl (C=O) groups excluding carboxylic acids is 1. The van der Waals surface area contributed by atoms with Crippen molar-refractivity contribution in [3.05, 3.63) is 41.6 Å². The predicted molar refractivity (Wildman–Crippen MR) is 162 cm³/mol. The zero-order valence-electron chi connectivity index (χ0n) is 25.0. The van der Waals surface area contributed by atoms with Crippen LogP contribution < -0.4 is 4.74 Å². The number of nitrogens with zero attached hydrogens (tertiary/aromatic N) is 5. The van der Waals surface area contributed by atoms with Gasteiger partial charge in [0.25, 0.3) is 5.91 Å². The average molecular weight is 546 g/mol. The molecule has 0 N–H and O–H groups in total. The molecule has 0 bridgehead atoms. The molecule has 40 heavy (non-hydrogen) atoms. The van der Waals surface area contributed by atoms with Gasteiger partial charge in [-0.1, -0.05) is 46.2 Å². The van der Waals surface area contributed by atoms with E-state index in [0.29, 0.717) is 17.5 Å². The fourth-order valence-corrected chi connectivity index (χ4v) is 5.80. The second-order valence-corrected chi connectivity index (χ2v) is 12.5. The minimum atomic E-state index is 0.0248. The van der Waals surface area contributed by atoms with Crippen molar-refractivity contribution < 1.29 is 9.53 Å². The third-order valence-corrected chi connectivity index (χ3v) is 8.31. The number of amides is 1. The lowest BCUT2D eigenvalue weighted by molar-refractivity contribution is 0.0735. The van der Waals surface area contributed by atoms with Crippen LogP contribution in [-0.2, 0) is 13.0 Å². The maximum Gasteiger partial charge on any atom is 0.272 e. The van der Waals surface area contributed by atoms with Crippen molar-refractivity contribution >= 4 is 17.1 Å². The monoisotopic (exact) mass is 545 g/mol. The minimum absolute atomic E-state index is 0.0248. The highest BCUT2D eigenvalue weighted by Gasteiger charge is 2.22. The van der Waals surface area contributed by atoms with Gasteiger partial charge in [0.15, 0.2) is 5.65 Å². The summed E-state index contributed by atoms with van der Waals surface area (Å²) in [7, 11) is 0. The quantitative estimate of drug-likeness (QED) is 0.262. The summed E-state index contributed by atoms with van der Waals surface area (Å²) < 4.78 is 8.12. The van der Waals surface area contributed by atoms with Gasteiger partial charge in [-0.2, -0.15) is 0 Å². The number of benzene rings is 1. The lowest BCUT2D eigenvalue weighted by Gasteiger charge is -2.26. The molecule has 1 fully saturated rings. The lowest BCUT2D eigenvalue weighted by atomic mass is 10.1. The van der Waals surface area contributed by atoms with Crippen LogP contribution in [0.3, 0.4) is 0 Å². The number of fused-ring (bicyclic) bond motifs is 2. The molecule has 7 nitrogen and oxygen atoms in total. The van der Waals surface area contributed by atoms with E-state index in [1.807, 2.05) is 17.0 Å². The molecule has 2 aliphatic heterocycles. The Balaban J connectivity index is 1.46. The van der Waals surface area contributed by atoms with Gasteiger partial charge in [-0.25, -0.2) is 9.97 Å². The van der Waals surface area contributed by atoms with Crippen molar-refractivity contribution in [3.63, 3.8) is 0 Å². The zero-order chi connectivity index (χ0) is 28.1. The summed E-state index contributed by atoms with van der Waals surface area (Å²) in [5.74, 6) is 2.98. The molecule has 1 aromatic carbocycles. The topological polar surface area (TPSA) is 63.5 Å². The second-order valence-electron chi connectivity index (χ2n) is 12.5. The number of rotatable bonds is 12. The molecule has 0 saturated carbocycles. The smallest absolute Gasteiger partial charge is 0.272 e. The summed E-state index contributed by atoms with van der Waals surface area (Å²) in [6.07, 6.45) is 7.90. The SMILES string of the molecule is CC(C)CCN(CCC(C)C)C(=O)c1ccc2nc(-c3ccc4c(c3)OCC4)n(CCCN3CCCCC3)c2n1. The molecule has 5 rings (SSSR count). The number of carbonyl (C=O) groups is 1. The molecule has 1 amide bonds. The molecule has 7 heteroatoms. The number of imidazole rings is 1. The molecule has 2 aromatic heterocycles. The van der Waals surface area contributed by atoms with Crippen LogP contribution in [-0.4, -0.2) is 69.6 Å². The molecular formula is C33H47N5O2. The van der Waals surface area contributed by atoms with Crippen molar-refractivity contribution in [2.45, 2.75) is 79.2 Å². The largest absolute Gasteiger partial charge is 0.493 e. The molecule has 2 aliphatic rings. The fourth-order valence-electron chi connectivity index (χ4n) is 5.80. The van der Waals surface area contributed by atoms with Gasteiger partial charge in [0.05, 0.1) is 6.61 Å². The summed E-state index contributed by atoms with van der Waals surface area (Å²) in [6.45, 7) is 15.4. The third-order valence-electron chi connectivity index (χ3n) is 8.31. The number of piperidine rings is 1. The number of aryl methyl sites for hydroxylation is 1. The Morgan fingerprint density at radius 2 is 1.70 bits per heavy atom. The average Bonchev–Trinajstić information content (AvgIpc) is 3.57. The summed E-state index contributed by atoms with van der Waals surface area (Å²) in [6, 6.07) is 10.3. The van der Waals surface area contributed by atoms with Crippen LogP contribution >= 0.6 is 0 Å². The maximum atomic E-state index is 13.8. The van der Waals surface area contributed by atoms with E-state index in [1.54, 1.807) is 0 Å². The molecule has 0 spiro atoms. The van der Waals surface area contributed by atoms with Crippen LogP contribution in [0.5, 0.6) is 5.75 Å². The minimum Gasteiger partial charge on any atom is -0.493 e. The Morgan fingerprint density at radius 3 is 2.42 bits per heavy atom. The van der Waals surface area contributed by atoms with Gasteiger partial charge < -0.3 is 19.1 Å². The van der Waals surface area contributed by atoms with Crippen LogP contribution in [0, 0.1) is 11.8 Å². The first-order valence-electron chi connectivity index (χ1n) is 15.5. The summed E-state index contributed by atoms with van der Waals surface area (Å²) in [4.78, 5) is 28.4. The Hall–Kier alpha value is -2.93. The van der Waals surface area contributed by atoms with E-state index in [0.717, 1.165) is 86.8 Å². The van der Waals surface area contributed by atoms with Crippen molar-refractivity contribution in [2.24, 2.45) is 11.8 Å². The number of aromatic nitrogens is 3. The van der Waals surface area contributed by atoms with Crippen LogP contribution in [0.1, 0.15) is 82.3 Å². The van der Waals surface area contributed by atoms with Gasteiger partial charge in [0.1, 0.15) is 22.8 Å². The molecule has 4 heterocycles. The first-order valence-corrected chi connectivity index (χ1v) is 15.5. The van der Waals surface area contributed by atoms with Crippen molar-refractivity contribution in [1.82, 2.24) is 24.3 Å². The number of pyridine rings is 1. The molecular weight excluding hydrogens is 498 g/mol. The fraction of sp³-hybridized carbons (Fsp3) is 0.606. The third kappa shape index (κ3) is 6.85. The molecule has 0 unspecified atom stereocenters. The molecule has 0 radical (unpaired) electrons. The van der Waals surface area contributed by atoms with Crippen molar-refractivity contribution in [2.75, 3.05) is 39.3 Å². The van der Waals surface area contributed by atoms with E-state index in [1.165, 1.54) is 37.9 Å². The van der Waals surface area contributed by atoms with E-state index in [2.05, 4.69) is 55.4 Å². The normalized spacial score (nSPS) is 15.7. The van der Waals surface area contributed by atoms with Crippen molar-refractivity contribution in [1.29, 1.82) is 0 Å². The van der Waals surface area contributed by atoms with Gasteiger partial charge in [0.2, 0.25) is 0 Å². The highest BCUT2D eigenvalue weighted by Crippen LogP contribution is 2.32. The van der Waals surface area contributed by atoms with Crippen LogP contribution in [0.25, 0.3) is 22.6 Å². The first kappa shape index (κ1) is 28.6. The number of hydrogen-bond acceptors (Lipinski definition) is 5. The van der Waals surface area contributed by atoms with Gasteiger partial charge in [-0.15, -0.1) is 0 Å². The van der Waals surface area contributed by atoms with Crippen LogP contribution in [0.4, 0.5) is 0 Å². The van der Waals surface area contributed by atoms with E-state index in [4.69, 9.17) is 14.7 Å². The molecule has 3 aromatic rings. The molecule has 216 valence electrons. The lowest BCUT2D eigenvalue weighted by Crippen LogP contribution is -2.34. The van der Waals surface area contributed by atoms with E-state index in [9.17, 15) is 4.79 Å². The van der Waals surface area contributed by atoms with Gasteiger partial charge in [-0.05, 0) is 87.3 Å². The van der Waals surface area contributed by atoms with E-state index < -0.39 is 0 Å².